The first-order valence-corrected chi connectivity index (χ1v) is 6.85. The van der Waals surface area contributed by atoms with Gasteiger partial charge in [-0.2, -0.15) is 0 Å². The minimum Gasteiger partial charge on any atom is -0.434 e. The van der Waals surface area contributed by atoms with Crippen LogP contribution in [0, 0.1) is 0 Å². The lowest BCUT2D eigenvalue weighted by atomic mass is 10.1. The zero-order valence-electron chi connectivity index (χ0n) is 10.8. The molecule has 0 aliphatic carbocycles. The Hall–Kier alpha value is -1.46. The molecule has 108 valence electrons. The van der Waals surface area contributed by atoms with Crippen LogP contribution < -0.4 is 0 Å². The van der Waals surface area contributed by atoms with Crippen LogP contribution >= 0.6 is 23.2 Å². The lowest BCUT2D eigenvalue weighted by molar-refractivity contribution is 0.0842. The van der Waals surface area contributed by atoms with Crippen LogP contribution in [0.15, 0.2) is 23.4 Å². The summed E-state index contributed by atoms with van der Waals surface area (Å²) < 4.78 is 9.54. The van der Waals surface area contributed by atoms with E-state index in [1.54, 1.807) is 19.1 Å². The maximum atomic E-state index is 11.1. The number of carbonyl (C=O) groups is 1. The van der Waals surface area contributed by atoms with Crippen LogP contribution in [-0.2, 0) is 20.7 Å². The highest BCUT2D eigenvalue weighted by Crippen LogP contribution is 2.25. The van der Waals surface area contributed by atoms with Gasteiger partial charge < -0.3 is 14.3 Å². The number of nitrogens with zero attached hydrogens (tertiary/aromatic N) is 1. The van der Waals surface area contributed by atoms with Gasteiger partial charge in [-0.3, -0.25) is 0 Å². The number of halogens is 2. The zero-order chi connectivity index (χ0) is 14.5. The van der Waals surface area contributed by atoms with Crippen LogP contribution in [0.4, 0.5) is 4.79 Å². The molecule has 1 aliphatic rings. The second-order valence-electron chi connectivity index (χ2n) is 4.14. The van der Waals surface area contributed by atoms with Gasteiger partial charge in [-0.25, -0.2) is 4.79 Å². The summed E-state index contributed by atoms with van der Waals surface area (Å²) in [5, 5.41) is 4.85. The third-order valence-electron chi connectivity index (χ3n) is 2.63. The molecule has 20 heavy (non-hydrogen) atoms. The van der Waals surface area contributed by atoms with Crippen molar-refractivity contribution >= 4 is 35.3 Å². The summed E-state index contributed by atoms with van der Waals surface area (Å²) >= 11 is 11.9. The van der Waals surface area contributed by atoms with Crippen molar-refractivity contribution in [1.29, 1.82) is 0 Å². The maximum Gasteiger partial charge on any atom is 0.515 e. The van der Waals surface area contributed by atoms with Crippen molar-refractivity contribution in [2.45, 2.75) is 25.9 Å². The summed E-state index contributed by atoms with van der Waals surface area (Å²) in [4.78, 5) is 16.3. The van der Waals surface area contributed by atoms with Gasteiger partial charge in [-0.15, -0.1) is 0 Å². The van der Waals surface area contributed by atoms with Crippen molar-refractivity contribution in [2.75, 3.05) is 6.61 Å². The quantitative estimate of drug-likeness (QED) is 0.795. The molecule has 0 radical (unpaired) electrons. The van der Waals surface area contributed by atoms with Crippen molar-refractivity contribution in [2.24, 2.45) is 5.16 Å². The standard InChI is InChI=1S/C13H13Cl2NO4/c1-2-18-13(17)19-12-7-10(20-16-12)5-8-3-4-9(14)6-11(8)15/h3-4,6,10H,2,5,7H2,1H3. The van der Waals surface area contributed by atoms with E-state index >= 15 is 0 Å². The van der Waals surface area contributed by atoms with E-state index in [4.69, 9.17) is 32.8 Å². The van der Waals surface area contributed by atoms with Crippen molar-refractivity contribution < 1.29 is 19.1 Å². The minimum atomic E-state index is -0.778. The highest BCUT2D eigenvalue weighted by Gasteiger charge is 2.25. The van der Waals surface area contributed by atoms with Gasteiger partial charge in [0.1, 0.15) is 6.10 Å². The Labute approximate surface area is 126 Å². The highest BCUT2D eigenvalue weighted by molar-refractivity contribution is 6.35. The Morgan fingerprint density at radius 1 is 1.50 bits per heavy atom. The van der Waals surface area contributed by atoms with Gasteiger partial charge in [0.25, 0.3) is 0 Å². The first kappa shape index (κ1) is 14.9. The Balaban J connectivity index is 1.87. The normalized spacial score (nSPS) is 17.4. The van der Waals surface area contributed by atoms with Crippen molar-refractivity contribution in [1.82, 2.24) is 0 Å². The lowest BCUT2D eigenvalue weighted by Gasteiger charge is -2.09. The fourth-order valence-corrected chi connectivity index (χ4v) is 2.23. The Kier molecular flexibility index (Phi) is 5.09. The number of hydrogen-bond acceptors (Lipinski definition) is 5. The number of benzene rings is 1. The molecule has 1 aliphatic heterocycles. The van der Waals surface area contributed by atoms with E-state index in [1.807, 2.05) is 6.07 Å². The number of carbonyl (C=O) groups excluding carboxylic acids is 1. The molecule has 1 heterocycles. The van der Waals surface area contributed by atoms with Gasteiger partial charge >= 0.3 is 6.16 Å². The average Bonchev–Trinajstić information content (AvgIpc) is 2.80. The minimum absolute atomic E-state index is 0.207. The first-order chi connectivity index (χ1) is 9.58. The van der Waals surface area contributed by atoms with Crippen molar-refractivity contribution in [3.05, 3.63) is 33.8 Å². The van der Waals surface area contributed by atoms with E-state index < -0.39 is 6.16 Å². The average molecular weight is 318 g/mol. The van der Waals surface area contributed by atoms with Crippen LogP contribution in [0.2, 0.25) is 10.0 Å². The molecule has 0 bridgehead atoms. The van der Waals surface area contributed by atoms with Gasteiger partial charge in [-0.1, -0.05) is 34.4 Å². The Morgan fingerprint density at radius 2 is 2.30 bits per heavy atom. The van der Waals surface area contributed by atoms with Crippen molar-refractivity contribution in [3.63, 3.8) is 0 Å². The predicted molar refractivity (Wildman–Crippen MR) is 75.2 cm³/mol. The molecule has 2 rings (SSSR count). The first-order valence-electron chi connectivity index (χ1n) is 6.09. The van der Waals surface area contributed by atoms with Crippen LogP contribution in [0.25, 0.3) is 0 Å². The molecular formula is C13H13Cl2NO4. The van der Waals surface area contributed by atoms with Gasteiger partial charge in [0, 0.05) is 16.5 Å². The fraction of sp³-hybridized carbons (Fsp3) is 0.385. The molecule has 0 spiro atoms. The second kappa shape index (κ2) is 6.81. The van der Waals surface area contributed by atoms with E-state index in [9.17, 15) is 4.79 Å². The van der Waals surface area contributed by atoms with Gasteiger partial charge in [0.05, 0.1) is 13.0 Å². The van der Waals surface area contributed by atoms with Crippen LogP contribution in [0.5, 0.6) is 0 Å². The molecule has 1 aromatic rings. The lowest BCUT2D eigenvalue weighted by Crippen LogP contribution is -2.16. The maximum absolute atomic E-state index is 11.1. The van der Waals surface area contributed by atoms with Crippen LogP contribution in [0.3, 0.4) is 0 Å². The topological polar surface area (TPSA) is 57.1 Å². The highest BCUT2D eigenvalue weighted by atomic mass is 35.5. The Morgan fingerprint density at radius 3 is 3.00 bits per heavy atom. The monoisotopic (exact) mass is 317 g/mol. The Bertz CT molecular complexity index is 533. The molecule has 1 atom stereocenters. The van der Waals surface area contributed by atoms with Crippen molar-refractivity contribution in [3.8, 4) is 0 Å². The summed E-state index contributed by atoms with van der Waals surface area (Å²) in [5.74, 6) is 0.207. The van der Waals surface area contributed by atoms with E-state index in [1.165, 1.54) is 0 Å². The molecule has 0 N–H and O–H groups in total. The third kappa shape index (κ3) is 4.02. The molecule has 0 fully saturated rings. The largest absolute Gasteiger partial charge is 0.515 e. The summed E-state index contributed by atoms with van der Waals surface area (Å²) in [6.45, 7) is 1.94. The van der Waals surface area contributed by atoms with Gasteiger partial charge in [-0.05, 0) is 24.6 Å². The summed E-state index contributed by atoms with van der Waals surface area (Å²) in [7, 11) is 0. The fourth-order valence-electron chi connectivity index (χ4n) is 1.75. The third-order valence-corrected chi connectivity index (χ3v) is 3.22. The molecule has 0 saturated carbocycles. The number of oxime groups is 1. The molecule has 1 aromatic carbocycles. The smallest absolute Gasteiger partial charge is 0.434 e. The summed E-state index contributed by atoms with van der Waals surface area (Å²) in [6, 6.07) is 5.26. The second-order valence-corrected chi connectivity index (χ2v) is 4.99. The molecule has 0 saturated heterocycles. The zero-order valence-corrected chi connectivity index (χ0v) is 12.3. The molecule has 1 unspecified atom stereocenters. The molecule has 7 heteroatoms. The van der Waals surface area contributed by atoms with Gasteiger partial charge in [0.15, 0.2) is 0 Å². The number of ether oxygens (including phenoxy) is 2. The van der Waals surface area contributed by atoms with E-state index in [2.05, 4.69) is 9.89 Å². The summed E-state index contributed by atoms with van der Waals surface area (Å²) in [5.41, 5.74) is 0.897. The molecule has 0 amide bonds. The summed E-state index contributed by atoms with van der Waals surface area (Å²) in [6.07, 6.45) is -0.0643. The van der Waals surface area contributed by atoms with Gasteiger partial charge in [0.2, 0.25) is 5.90 Å². The SMILES string of the molecule is CCOC(=O)OC1=NOC(Cc2ccc(Cl)cc2Cl)C1. The number of hydrogen-bond donors (Lipinski definition) is 0. The molecule has 0 aromatic heterocycles. The van der Waals surface area contributed by atoms with Crippen LogP contribution in [0.1, 0.15) is 18.9 Å². The van der Waals surface area contributed by atoms with E-state index in [0.717, 1.165) is 5.56 Å². The number of rotatable bonds is 3. The van der Waals surface area contributed by atoms with E-state index in [0.29, 0.717) is 22.9 Å². The molecule has 5 nitrogen and oxygen atoms in total. The molecular weight excluding hydrogens is 305 g/mol. The van der Waals surface area contributed by atoms with E-state index in [-0.39, 0.29) is 18.6 Å². The predicted octanol–water partition coefficient (Wildman–Crippen LogP) is 3.81. The van der Waals surface area contributed by atoms with Crippen LogP contribution in [-0.4, -0.2) is 24.8 Å².